The summed E-state index contributed by atoms with van der Waals surface area (Å²) in [4.78, 5) is 2.44. The van der Waals surface area contributed by atoms with Crippen LogP contribution in [-0.2, 0) is 0 Å². The second kappa shape index (κ2) is 3.35. The Bertz CT molecular complexity index is 150. The van der Waals surface area contributed by atoms with Crippen molar-refractivity contribution in [1.82, 2.24) is 4.90 Å². The van der Waals surface area contributed by atoms with Gasteiger partial charge in [-0.15, -0.1) is 0 Å². The van der Waals surface area contributed by atoms with Crippen LogP contribution in [0.15, 0.2) is 0 Å². The monoisotopic (exact) mass is 168 g/mol. The molecule has 2 fully saturated rings. The first-order valence-electron chi connectivity index (χ1n) is 5.20. The van der Waals surface area contributed by atoms with Gasteiger partial charge in [-0.1, -0.05) is 0 Å². The molecular weight excluding hydrogens is 148 g/mol. The van der Waals surface area contributed by atoms with Crippen LogP contribution in [0.2, 0.25) is 0 Å². The maximum absolute atomic E-state index is 5.65. The lowest BCUT2D eigenvalue weighted by molar-refractivity contribution is 0.200. The third-order valence-corrected chi connectivity index (χ3v) is 3.65. The first-order chi connectivity index (χ1) is 5.81. The molecule has 0 aromatic rings. The molecule has 1 heterocycles. The van der Waals surface area contributed by atoms with Crippen LogP contribution in [0.1, 0.15) is 19.3 Å². The van der Waals surface area contributed by atoms with Gasteiger partial charge in [-0.3, -0.25) is 0 Å². The summed E-state index contributed by atoms with van der Waals surface area (Å²) in [5, 5.41) is 0. The van der Waals surface area contributed by atoms with E-state index in [1.165, 1.54) is 32.4 Å². The van der Waals surface area contributed by atoms with E-state index in [9.17, 15) is 0 Å². The molecule has 2 nitrogen and oxygen atoms in total. The molecule has 2 rings (SSSR count). The fourth-order valence-electron chi connectivity index (χ4n) is 2.58. The number of hydrogen-bond acceptors (Lipinski definition) is 2. The van der Waals surface area contributed by atoms with E-state index < -0.39 is 0 Å². The zero-order chi connectivity index (χ0) is 8.55. The molecule has 0 bridgehead atoms. The third-order valence-electron chi connectivity index (χ3n) is 3.65. The summed E-state index contributed by atoms with van der Waals surface area (Å²) in [7, 11) is 2.23. The highest BCUT2D eigenvalue weighted by Crippen LogP contribution is 2.46. The Labute approximate surface area is 75.1 Å². The molecule has 2 aliphatic rings. The Morgan fingerprint density at radius 1 is 1.33 bits per heavy atom. The van der Waals surface area contributed by atoms with E-state index in [4.69, 9.17) is 5.73 Å². The van der Waals surface area contributed by atoms with Gasteiger partial charge in [0.05, 0.1) is 0 Å². The van der Waals surface area contributed by atoms with Gasteiger partial charge in [-0.05, 0) is 63.7 Å². The summed E-state index contributed by atoms with van der Waals surface area (Å²) >= 11 is 0. The molecule has 12 heavy (non-hydrogen) atoms. The Morgan fingerprint density at radius 3 is 2.50 bits per heavy atom. The number of piperidine rings is 1. The third kappa shape index (κ3) is 1.64. The maximum atomic E-state index is 5.65. The molecule has 0 amide bonds. The second-order valence-corrected chi connectivity index (χ2v) is 4.54. The Kier molecular flexibility index (Phi) is 2.37. The fraction of sp³-hybridized carbons (Fsp3) is 1.00. The van der Waals surface area contributed by atoms with Gasteiger partial charge in [0.2, 0.25) is 0 Å². The van der Waals surface area contributed by atoms with E-state index in [-0.39, 0.29) is 0 Å². The van der Waals surface area contributed by atoms with Gasteiger partial charge in [-0.2, -0.15) is 0 Å². The van der Waals surface area contributed by atoms with Gasteiger partial charge in [-0.25, -0.2) is 0 Å². The molecule has 1 aliphatic heterocycles. The minimum atomic E-state index is 0.887. The van der Waals surface area contributed by atoms with Crippen molar-refractivity contribution < 1.29 is 0 Å². The summed E-state index contributed by atoms with van der Waals surface area (Å²) in [5.74, 6) is 2.90. The normalized spacial score (nSPS) is 38.5. The van der Waals surface area contributed by atoms with Gasteiger partial charge in [0, 0.05) is 0 Å². The predicted octanol–water partition coefficient (Wildman–Crippen LogP) is 0.923. The van der Waals surface area contributed by atoms with Crippen molar-refractivity contribution in [3.63, 3.8) is 0 Å². The van der Waals surface area contributed by atoms with E-state index in [0.29, 0.717) is 0 Å². The van der Waals surface area contributed by atoms with Crippen molar-refractivity contribution in [2.75, 3.05) is 26.7 Å². The first kappa shape index (κ1) is 8.52. The average Bonchev–Trinajstić information content (AvgIpc) is 2.85. The van der Waals surface area contributed by atoms with E-state index in [0.717, 1.165) is 24.3 Å². The summed E-state index contributed by atoms with van der Waals surface area (Å²) in [6.45, 7) is 3.54. The molecule has 70 valence electrons. The largest absolute Gasteiger partial charge is 0.330 e. The van der Waals surface area contributed by atoms with Crippen LogP contribution in [0.3, 0.4) is 0 Å². The van der Waals surface area contributed by atoms with Gasteiger partial charge >= 0.3 is 0 Å². The van der Waals surface area contributed by atoms with Gasteiger partial charge < -0.3 is 10.6 Å². The van der Waals surface area contributed by atoms with Crippen LogP contribution < -0.4 is 5.73 Å². The Morgan fingerprint density at radius 2 is 2.00 bits per heavy atom. The summed E-state index contributed by atoms with van der Waals surface area (Å²) in [6.07, 6.45) is 4.25. The highest BCUT2D eigenvalue weighted by Gasteiger charge is 2.41. The van der Waals surface area contributed by atoms with Crippen molar-refractivity contribution >= 4 is 0 Å². The molecular formula is C10H20N2. The van der Waals surface area contributed by atoms with Crippen LogP contribution >= 0.6 is 0 Å². The Balaban J connectivity index is 1.76. The molecule has 2 unspecified atom stereocenters. The zero-order valence-electron chi connectivity index (χ0n) is 8.00. The molecule has 0 aromatic carbocycles. The van der Waals surface area contributed by atoms with Crippen molar-refractivity contribution in [2.24, 2.45) is 23.5 Å². The lowest BCUT2D eigenvalue weighted by Gasteiger charge is -2.29. The molecule has 1 saturated heterocycles. The number of nitrogens with zero attached hydrogens (tertiary/aromatic N) is 1. The number of rotatable bonds is 2. The van der Waals surface area contributed by atoms with E-state index in [1.807, 2.05) is 0 Å². The van der Waals surface area contributed by atoms with Crippen molar-refractivity contribution in [2.45, 2.75) is 19.3 Å². The van der Waals surface area contributed by atoms with Gasteiger partial charge in [0.15, 0.2) is 0 Å². The average molecular weight is 168 g/mol. The van der Waals surface area contributed by atoms with E-state index >= 15 is 0 Å². The topological polar surface area (TPSA) is 29.3 Å². The van der Waals surface area contributed by atoms with Crippen molar-refractivity contribution in [1.29, 1.82) is 0 Å². The van der Waals surface area contributed by atoms with Crippen molar-refractivity contribution in [3.8, 4) is 0 Å². The lowest BCUT2D eigenvalue weighted by atomic mass is 9.91. The highest BCUT2D eigenvalue weighted by molar-refractivity contribution is 4.93. The zero-order valence-corrected chi connectivity index (χ0v) is 8.00. The van der Waals surface area contributed by atoms with E-state index in [2.05, 4.69) is 11.9 Å². The van der Waals surface area contributed by atoms with Crippen LogP contribution in [0.4, 0.5) is 0 Å². The van der Waals surface area contributed by atoms with Crippen LogP contribution in [0.25, 0.3) is 0 Å². The maximum Gasteiger partial charge on any atom is -0.00190 e. The minimum absolute atomic E-state index is 0.887. The standard InChI is InChI=1S/C10H20N2/c1-12-4-2-8(3-5-12)10-6-9(10)7-11/h8-10H,2-7,11H2,1H3. The molecule has 1 aliphatic carbocycles. The summed E-state index contributed by atoms with van der Waals surface area (Å²) < 4.78 is 0. The minimum Gasteiger partial charge on any atom is -0.330 e. The smallest absolute Gasteiger partial charge is 0.00190 e. The summed E-state index contributed by atoms with van der Waals surface area (Å²) in [5.41, 5.74) is 5.65. The first-order valence-corrected chi connectivity index (χ1v) is 5.20. The number of hydrogen-bond donors (Lipinski definition) is 1. The predicted molar refractivity (Wildman–Crippen MR) is 50.9 cm³/mol. The molecule has 0 spiro atoms. The molecule has 0 aromatic heterocycles. The van der Waals surface area contributed by atoms with Crippen molar-refractivity contribution in [3.05, 3.63) is 0 Å². The molecule has 2 atom stereocenters. The SMILES string of the molecule is CN1CCC(C2CC2CN)CC1. The quantitative estimate of drug-likeness (QED) is 0.664. The second-order valence-electron chi connectivity index (χ2n) is 4.54. The van der Waals surface area contributed by atoms with Gasteiger partial charge in [0.1, 0.15) is 0 Å². The number of likely N-dealkylation sites (tertiary alicyclic amines) is 1. The van der Waals surface area contributed by atoms with Crippen LogP contribution in [-0.4, -0.2) is 31.6 Å². The number of nitrogens with two attached hydrogens (primary N) is 1. The fourth-order valence-corrected chi connectivity index (χ4v) is 2.58. The molecule has 2 heteroatoms. The molecule has 0 radical (unpaired) electrons. The lowest BCUT2D eigenvalue weighted by Crippen LogP contribution is -2.31. The van der Waals surface area contributed by atoms with Gasteiger partial charge in [0.25, 0.3) is 0 Å². The van der Waals surface area contributed by atoms with Crippen LogP contribution in [0.5, 0.6) is 0 Å². The Hall–Kier alpha value is -0.0800. The van der Waals surface area contributed by atoms with Crippen LogP contribution in [0, 0.1) is 17.8 Å². The summed E-state index contributed by atoms with van der Waals surface area (Å²) in [6, 6.07) is 0. The highest BCUT2D eigenvalue weighted by atomic mass is 15.1. The molecule has 1 saturated carbocycles. The van der Waals surface area contributed by atoms with E-state index in [1.54, 1.807) is 0 Å². The molecule has 2 N–H and O–H groups in total.